The molecule has 2 fully saturated rings. The number of amides is 1. The Morgan fingerprint density at radius 1 is 0.932 bits per heavy atom. The lowest BCUT2D eigenvalue weighted by molar-refractivity contribution is -0.143. The van der Waals surface area contributed by atoms with Gasteiger partial charge in [-0.3, -0.25) is 9.69 Å². The molecule has 44 heavy (non-hydrogen) atoms. The minimum absolute atomic E-state index is 0. The van der Waals surface area contributed by atoms with E-state index in [-0.39, 0.29) is 41.8 Å². The molecule has 0 radical (unpaired) electrons. The summed E-state index contributed by atoms with van der Waals surface area (Å²) in [5, 5.41) is 0. The van der Waals surface area contributed by atoms with E-state index in [9.17, 15) is 31.1 Å². The first-order chi connectivity index (χ1) is 20.4. The fourth-order valence-corrected chi connectivity index (χ4v) is 6.00. The molecule has 0 bridgehead atoms. The summed E-state index contributed by atoms with van der Waals surface area (Å²) < 4.78 is 88.2. The summed E-state index contributed by atoms with van der Waals surface area (Å²) in [6, 6.07) is 10.9. The van der Waals surface area contributed by atoms with Crippen LogP contribution >= 0.6 is 12.4 Å². The van der Waals surface area contributed by atoms with Crippen LogP contribution in [0.2, 0.25) is 0 Å². The number of halogens is 7. The Morgan fingerprint density at radius 2 is 1.57 bits per heavy atom. The zero-order chi connectivity index (χ0) is 30.8. The molecule has 2 aliphatic rings. The van der Waals surface area contributed by atoms with E-state index >= 15 is 0 Å². The zero-order valence-electron chi connectivity index (χ0n) is 24.2. The van der Waals surface area contributed by atoms with Gasteiger partial charge in [-0.1, -0.05) is 30.3 Å². The molecular formula is C31H35ClF6N4O2. The number of nitrogens with zero attached hydrogens (tertiary/aromatic N) is 4. The van der Waals surface area contributed by atoms with Crippen molar-refractivity contribution in [2.24, 2.45) is 13.0 Å². The highest BCUT2D eigenvalue weighted by atomic mass is 35.5. The third-order valence-corrected chi connectivity index (χ3v) is 8.42. The van der Waals surface area contributed by atoms with Gasteiger partial charge in [0.2, 0.25) is 5.91 Å². The van der Waals surface area contributed by atoms with E-state index in [1.807, 2.05) is 53.0 Å². The molecule has 0 aliphatic carbocycles. The zero-order valence-corrected chi connectivity index (χ0v) is 25.0. The van der Waals surface area contributed by atoms with E-state index in [4.69, 9.17) is 4.74 Å². The molecule has 240 valence electrons. The quantitative estimate of drug-likeness (QED) is 0.269. The fraction of sp³-hybridized carbons (Fsp3) is 0.484. The van der Waals surface area contributed by atoms with Gasteiger partial charge in [0, 0.05) is 44.4 Å². The van der Waals surface area contributed by atoms with Crippen molar-refractivity contribution in [1.29, 1.82) is 0 Å². The highest BCUT2D eigenvalue weighted by Crippen LogP contribution is 2.37. The molecular weight excluding hydrogens is 610 g/mol. The normalized spacial score (nSPS) is 20.4. The molecule has 2 aliphatic heterocycles. The van der Waals surface area contributed by atoms with Crippen molar-refractivity contribution < 1.29 is 35.9 Å². The summed E-state index contributed by atoms with van der Waals surface area (Å²) in [4.78, 5) is 22.1. The Labute approximate surface area is 258 Å². The third-order valence-electron chi connectivity index (χ3n) is 8.42. The maximum absolute atomic E-state index is 13.6. The Kier molecular flexibility index (Phi) is 10.7. The molecule has 2 atom stereocenters. The number of imidazole rings is 1. The number of ether oxygens (including phenoxy) is 1. The Morgan fingerprint density at radius 3 is 2.14 bits per heavy atom. The first kappa shape index (κ1) is 33.8. The van der Waals surface area contributed by atoms with Crippen molar-refractivity contribution >= 4 is 18.3 Å². The van der Waals surface area contributed by atoms with Crippen LogP contribution in [0.3, 0.4) is 0 Å². The van der Waals surface area contributed by atoms with Crippen LogP contribution in [-0.4, -0.2) is 57.5 Å². The van der Waals surface area contributed by atoms with Crippen molar-refractivity contribution in [3.63, 3.8) is 0 Å². The van der Waals surface area contributed by atoms with Gasteiger partial charge >= 0.3 is 12.4 Å². The lowest BCUT2D eigenvalue weighted by Crippen LogP contribution is -2.49. The van der Waals surface area contributed by atoms with Crippen molar-refractivity contribution in [3.8, 4) is 0 Å². The van der Waals surface area contributed by atoms with E-state index < -0.39 is 36.2 Å². The van der Waals surface area contributed by atoms with Crippen LogP contribution in [0.15, 0.2) is 60.9 Å². The van der Waals surface area contributed by atoms with Crippen LogP contribution in [0.1, 0.15) is 53.3 Å². The average molecular weight is 645 g/mol. The van der Waals surface area contributed by atoms with E-state index in [1.54, 1.807) is 6.20 Å². The number of hydrogen-bond acceptors (Lipinski definition) is 4. The molecule has 3 aromatic rings. The number of carbonyl (C=O) groups is 1. The maximum atomic E-state index is 13.6. The Hall–Kier alpha value is -3.09. The van der Waals surface area contributed by atoms with E-state index in [0.29, 0.717) is 31.6 Å². The van der Waals surface area contributed by atoms with Gasteiger partial charge in [0.25, 0.3) is 0 Å². The van der Waals surface area contributed by atoms with Crippen LogP contribution in [0, 0.1) is 5.92 Å². The summed E-state index contributed by atoms with van der Waals surface area (Å²) in [6.45, 7) is 2.63. The lowest BCUT2D eigenvalue weighted by atomic mass is 9.86. The molecule has 1 amide bonds. The smallest absolute Gasteiger partial charge is 0.373 e. The standard InChI is InChI=1S/C31H34F6N4O2.ClH/c1-39-14-10-38-28(39)19-40-11-7-23(8-12-40)29(42)41-13-9-27(26(18-41)22-5-3-2-4-6-22)43-20-21-15-24(30(32,33)34)17-25(16-21)31(35,36)37;/h2-6,10,14-17,23,26-27H,7-9,11-13,18-20H2,1H3;1H/t26-,27-;/m1./s1. The number of hydrogen-bond donors (Lipinski definition) is 0. The number of rotatable bonds is 7. The SMILES string of the molecule is Cl.Cn1ccnc1CN1CCC(C(=O)N2CC[C@@H](OCc3cc(C(F)(F)F)cc(C(F)(F)F)c3)[C@@H](c3ccccc3)C2)CC1. The van der Waals surface area contributed by atoms with Crippen LogP contribution in [0.5, 0.6) is 0 Å². The largest absolute Gasteiger partial charge is 0.416 e. The Bertz CT molecular complexity index is 1360. The van der Waals surface area contributed by atoms with Crippen LogP contribution < -0.4 is 0 Å². The maximum Gasteiger partial charge on any atom is 0.416 e. The molecule has 0 N–H and O–H groups in total. The second-order valence-corrected chi connectivity index (χ2v) is 11.4. The molecule has 1 aromatic heterocycles. The number of aromatic nitrogens is 2. The third kappa shape index (κ3) is 8.13. The van der Waals surface area contributed by atoms with Gasteiger partial charge in [0.1, 0.15) is 5.82 Å². The fourth-order valence-electron chi connectivity index (χ4n) is 6.00. The molecule has 3 heterocycles. The Balaban J connectivity index is 0.00000442. The van der Waals surface area contributed by atoms with Gasteiger partial charge in [0.05, 0.1) is 30.4 Å². The van der Waals surface area contributed by atoms with Crippen molar-refractivity contribution in [1.82, 2.24) is 19.4 Å². The highest BCUT2D eigenvalue weighted by Gasteiger charge is 2.39. The van der Waals surface area contributed by atoms with Crippen molar-refractivity contribution in [3.05, 3.63) is 89.0 Å². The van der Waals surface area contributed by atoms with Crippen LogP contribution in [0.4, 0.5) is 26.3 Å². The predicted molar refractivity (Wildman–Crippen MR) is 154 cm³/mol. The second-order valence-electron chi connectivity index (χ2n) is 11.4. The first-order valence-electron chi connectivity index (χ1n) is 14.3. The van der Waals surface area contributed by atoms with Crippen LogP contribution in [0.25, 0.3) is 0 Å². The first-order valence-corrected chi connectivity index (χ1v) is 14.3. The van der Waals surface area contributed by atoms with Gasteiger partial charge < -0.3 is 14.2 Å². The number of benzene rings is 2. The molecule has 2 aromatic carbocycles. The van der Waals surface area contributed by atoms with Gasteiger partial charge in [-0.25, -0.2) is 4.98 Å². The van der Waals surface area contributed by atoms with E-state index in [1.165, 1.54) is 0 Å². The molecule has 13 heteroatoms. The molecule has 6 nitrogen and oxygen atoms in total. The molecule has 5 rings (SSSR count). The van der Waals surface area contributed by atoms with Gasteiger partial charge in [-0.2, -0.15) is 26.3 Å². The summed E-state index contributed by atoms with van der Waals surface area (Å²) >= 11 is 0. The summed E-state index contributed by atoms with van der Waals surface area (Å²) in [5.41, 5.74) is -2.04. The van der Waals surface area contributed by atoms with E-state index in [0.717, 1.165) is 43.9 Å². The van der Waals surface area contributed by atoms with Gasteiger partial charge in [-0.15, -0.1) is 12.4 Å². The molecule has 0 saturated carbocycles. The second kappa shape index (κ2) is 13.9. The topological polar surface area (TPSA) is 50.6 Å². The molecule has 0 spiro atoms. The van der Waals surface area contributed by atoms with Crippen molar-refractivity contribution in [2.45, 2.75) is 56.8 Å². The number of piperidine rings is 2. The number of carbonyl (C=O) groups excluding carboxylic acids is 1. The minimum Gasteiger partial charge on any atom is -0.373 e. The molecule has 2 saturated heterocycles. The monoisotopic (exact) mass is 644 g/mol. The number of likely N-dealkylation sites (tertiary alicyclic amines) is 2. The number of aryl methyl sites for hydroxylation is 1. The summed E-state index contributed by atoms with van der Waals surface area (Å²) in [6.07, 6.45) is -4.81. The van der Waals surface area contributed by atoms with Gasteiger partial charge in [-0.05, 0) is 61.7 Å². The van der Waals surface area contributed by atoms with Crippen molar-refractivity contribution in [2.75, 3.05) is 26.2 Å². The highest BCUT2D eigenvalue weighted by molar-refractivity contribution is 5.85. The summed E-state index contributed by atoms with van der Waals surface area (Å²) in [7, 11) is 1.95. The predicted octanol–water partition coefficient (Wildman–Crippen LogP) is 6.69. The minimum atomic E-state index is -4.93. The average Bonchev–Trinajstić information content (AvgIpc) is 3.39. The summed E-state index contributed by atoms with van der Waals surface area (Å²) in [5.74, 6) is 0.647. The van der Waals surface area contributed by atoms with Crippen LogP contribution in [-0.2, 0) is 42.1 Å². The lowest BCUT2D eigenvalue weighted by Gasteiger charge is -2.41. The molecule has 0 unspecified atom stereocenters. The van der Waals surface area contributed by atoms with Gasteiger partial charge in [0.15, 0.2) is 0 Å². The number of alkyl halides is 6. The van der Waals surface area contributed by atoms with E-state index in [2.05, 4.69) is 9.88 Å².